The van der Waals surface area contributed by atoms with Crippen LogP contribution in [0.5, 0.6) is 0 Å². The van der Waals surface area contributed by atoms with Gasteiger partial charge in [0.15, 0.2) is 0 Å². The van der Waals surface area contributed by atoms with E-state index < -0.39 is 0 Å². The number of amides is 2. The number of nitrogens with one attached hydrogen (secondary N) is 1. The summed E-state index contributed by atoms with van der Waals surface area (Å²) in [5.41, 5.74) is 0.789. The number of carbonyl (C=O) groups excluding carboxylic acids is 2. The number of benzene rings is 1. The highest BCUT2D eigenvalue weighted by atomic mass is 32.2. The summed E-state index contributed by atoms with van der Waals surface area (Å²) in [5, 5.41) is 2.95. The second-order valence-corrected chi connectivity index (χ2v) is 7.87. The quantitative estimate of drug-likeness (QED) is 0.870. The number of anilines is 1. The van der Waals surface area contributed by atoms with Crippen LogP contribution in [0.1, 0.15) is 19.8 Å². The number of nitrogens with zero attached hydrogens (tertiary/aromatic N) is 1. The van der Waals surface area contributed by atoms with Crippen molar-refractivity contribution in [2.24, 2.45) is 0 Å². The van der Waals surface area contributed by atoms with E-state index in [-0.39, 0.29) is 22.7 Å². The maximum atomic E-state index is 12.5. The largest absolute Gasteiger partial charge is 0.324 e. The molecule has 0 unspecified atom stereocenters. The molecule has 2 fully saturated rings. The predicted molar refractivity (Wildman–Crippen MR) is 87.6 cm³/mol. The van der Waals surface area contributed by atoms with Gasteiger partial charge in [0.25, 0.3) is 0 Å². The minimum Gasteiger partial charge on any atom is -0.324 e. The third-order valence-electron chi connectivity index (χ3n) is 4.08. The summed E-state index contributed by atoms with van der Waals surface area (Å²) in [4.78, 5) is 27.3. The van der Waals surface area contributed by atoms with E-state index in [0.29, 0.717) is 12.2 Å². The second kappa shape index (κ2) is 5.57. The Morgan fingerprint density at radius 1 is 1.52 bits per heavy atom. The van der Waals surface area contributed by atoms with Crippen LogP contribution in [-0.4, -0.2) is 39.6 Å². The zero-order valence-corrected chi connectivity index (χ0v) is 13.7. The number of hydrogen-bond donors (Lipinski definition) is 1. The van der Waals surface area contributed by atoms with Crippen molar-refractivity contribution in [2.45, 2.75) is 35.6 Å². The van der Waals surface area contributed by atoms with Gasteiger partial charge in [-0.25, -0.2) is 0 Å². The molecule has 4 nitrogen and oxygen atoms in total. The van der Waals surface area contributed by atoms with Crippen LogP contribution in [0, 0.1) is 0 Å². The first kappa shape index (κ1) is 14.8. The van der Waals surface area contributed by atoms with Crippen LogP contribution < -0.4 is 5.32 Å². The van der Waals surface area contributed by atoms with Crippen molar-refractivity contribution in [2.75, 3.05) is 17.3 Å². The highest BCUT2D eigenvalue weighted by Gasteiger charge is 2.52. The summed E-state index contributed by atoms with van der Waals surface area (Å²) in [7, 11) is 0. The minimum absolute atomic E-state index is 0.0836. The molecule has 21 heavy (non-hydrogen) atoms. The second-order valence-electron chi connectivity index (χ2n) is 5.49. The van der Waals surface area contributed by atoms with Gasteiger partial charge >= 0.3 is 0 Å². The maximum Gasteiger partial charge on any atom is 0.248 e. The lowest BCUT2D eigenvalue weighted by Gasteiger charge is -2.29. The van der Waals surface area contributed by atoms with Gasteiger partial charge in [-0.15, -0.1) is 23.5 Å². The first-order chi connectivity index (χ1) is 10.0. The van der Waals surface area contributed by atoms with Gasteiger partial charge < -0.3 is 10.2 Å². The number of rotatable bonds is 3. The van der Waals surface area contributed by atoms with E-state index >= 15 is 0 Å². The molecule has 1 N–H and O–H groups in total. The van der Waals surface area contributed by atoms with Gasteiger partial charge in [0.05, 0.1) is 4.87 Å². The Balaban J connectivity index is 1.75. The van der Waals surface area contributed by atoms with Crippen LogP contribution in [0.4, 0.5) is 5.69 Å². The van der Waals surface area contributed by atoms with Crippen molar-refractivity contribution in [1.82, 2.24) is 4.90 Å². The Hall–Kier alpha value is -1.14. The molecule has 112 valence electrons. The molecular formula is C15H18N2O2S2. The minimum atomic E-state index is -0.354. The molecule has 1 aromatic rings. The molecule has 2 saturated heterocycles. The lowest BCUT2D eigenvalue weighted by Crippen LogP contribution is -2.48. The molecule has 2 amide bonds. The summed E-state index contributed by atoms with van der Waals surface area (Å²) in [6.45, 7) is 2.06. The fourth-order valence-corrected chi connectivity index (χ4v) is 4.83. The third-order valence-corrected chi connectivity index (χ3v) is 6.32. The number of carbonyl (C=O) groups is 2. The standard InChI is InChI=1S/C15H18N2O2S2/c1-15-7-6-13(18)17(15)12(9-21-15)14(19)16-10-4-3-5-11(8-10)20-2/h3-5,8,12H,6-7,9H2,1-2H3,(H,16,19)/t12-,15+/m0/s1. The fraction of sp³-hybridized carbons (Fsp3) is 0.467. The van der Waals surface area contributed by atoms with Gasteiger partial charge in [0.2, 0.25) is 11.8 Å². The molecule has 6 heteroatoms. The Morgan fingerprint density at radius 3 is 3.10 bits per heavy atom. The zero-order chi connectivity index (χ0) is 15.0. The molecule has 2 heterocycles. The fourth-order valence-electron chi connectivity index (χ4n) is 2.94. The summed E-state index contributed by atoms with van der Waals surface area (Å²) in [6, 6.07) is 7.41. The lowest BCUT2D eigenvalue weighted by atomic mass is 10.2. The Kier molecular flexibility index (Phi) is 3.92. The van der Waals surface area contributed by atoms with Crippen LogP contribution in [0.15, 0.2) is 29.2 Å². The molecular weight excluding hydrogens is 304 g/mol. The third kappa shape index (κ3) is 2.66. The topological polar surface area (TPSA) is 49.4 Å². The number of fused-ring (bicyclic) bond motifs is 1. The van der Waals surface area contributed by atoms with Gasteiger partial charge in [0.1, 0.15) is 6.04 Å². The van der Waals surface area contributed by atoms with Crippen molar-refractivity contribution >= 4 is 41.0 Å². The van der Waals surface area contributed by atoms with Crippen LogP contribution in [0.2, 0.25) is 0 Å². The SMILES string of the molecule is CSc1cccc(NC(=O)[C@@H]2CS[C@]3(C)CCC(=O)N23)c1. The molecule has 2 aliphatic heterocycles. The van der Waals surface area contributed by atoms with Gasteiger partial charge in [-0.3, -0.25) is 9.59 Å². The first-order valence-electron chi connectivity index (χ1n) is 6.94. The highest BCUT2D eigenvalue weighted by molar-refractivity contribution is 8.01. The molecule has 2 atom stereocenters. The zero-order valence-electron chi connectivity index (χ0n) is 12.1. The van der Waals surface area contributed by atoms with E-state index in [0.717, 1.165) is 17.0 Å². The number of thioether (sulfide) groups is 2. The Bertz CT molecular complexity index is 593. The van der Waals surface area contributed by atoms with Gasteiger partial charge in [-0.2, -0.15) is 0 Å². The van der Waals surface area contributed by atoms with Crippen LogP contribution in [0.3, 0.4) is 0 Å². The van der Waals surface area contributed by atoms with Crippen molar-refractivity contribution in [1.29, 1.82) is 0 Å². The monoisotopic (exact) mass is 322 g/mol. The van der Waals surface area contributed by atoms with Crippen LogP contribution in [0.25, 0.3) is 0 Å². The van der Waals surface area contributed by atoms with E-state index in [4.69, 9.17) is 0 Å². The smallest absolute Gasteiger partial charge is 0.248 e. The Labute approximate surface area is 133 Å². The summed E-state index contributed by atoms with van der Waals surface area (Å²) in [5.74, 6) is 0.691. The van der Waals surface area contributed by atoms with E-state index in [1.807, 2.05) is 30.5 Å². The van der Waals surface area contributed by atoms with Crippen molar-refractivity contribution in [3.63, 3.8) is 0 Å². The lowest BCUT2D eigenvalue weighted by molar-refractivity contribution is -0.135. The molecule has 0 radical (unpaired) electrons. The van der Waals surface area contributed by atoms with Crippen molar-refractivity contribution in [3.05, 3.63) is 24.3 Å². The van der Waals surface area contributed by atoms with E-state index in [1.54, 1.807) is 28.4 Å². The normalized spacial score (nSPS) is 27.8. The van der Waals surface area contributed by atoms with E-state index in [9.17, 15) is 9.59 Å². The molecule has 0 bridgehead atoms. The average Bonchev–Trinajstić information content (AvgIpc) is 2.96. The van der Waals surface area contributed by atoms with Crippen LogP contribution >= 0.6 is 23.5 Å². The molecule has 2 aliphatic rings. The van der Waals surface area contributed by atoms with E-state index in [1.165, 1.54) is 0 Å². The average molecular weight is 322 g/mol. The molecule has 0 aromatic heterocycles. The molecule has 0 saturated carbocycles. The maximum absolute atomic E-state index is 12.5. The van der Waals surface area contributed by atoms with Crippen molar-refractivity contribution in [3.8, 4) is 0 Å². The van der Waals surface area contributed by atoms with E-state index in [2.05, 4.69) is 12.2 Å². The summed E-state index contributed by atoms with van der Waals surface area (Å²) >= 11 is 3.35. The first-order valence-corrected chi connectivity index (χ1v) is 9.15. The number of hydrogen-bond acceptors (Lipinski definition) is 4. The van der Waals surface area contributed by atoms with Crippen LogP contribution in [-0.2, 0) is 9.59 Å². The molecule has 0 aliphatic carbocycles. The molecule has 0 spiro atoms. The summed E-state index contributed by atoms with van der Waals surface area (Å²) in [6.07, 6.45) is 3.39. The summed E-state index contributed by atoms with van der Waals surface area (Å²) < 4.78 is 0. The highest BCUT2D eigenvalue weighted by Crippen LogP contribution is 2.47. The molecule has 1 aromatic carbocycles. The van der Waals surface area contributed by atoms with Gasteiger partial charge in [0, 0.05) is 22.8 Å². The van der Waals surface area contributed by atoms with Crippen molar-refractivity contribution < 1.29 is 9.59 Å². The Morgan fingerprint density at radius 2 is 2.33 bits per heavy atom. The van der Waals surface area contributed by atoms with Gasteiger partial charge in [-0.05, 0) is 37.8 Å². The predicted octanol–water partition coefficient (Wildman–Crippen LogP) is 2.80. The molecule has 3 rings (SSSR count). The van der Waals surface area contributed by atoms with Gasteiger partial charge in [-0.1, -0.05) is 6.07 Å².